The number of carbonyl (C=O) groups excluding carboxylic acids is 1. The number of nitrogens with one attached hydrogen (secondary N) is 1. The lowest BCUT2D eigenvalue weighted by Gasteiger charge is -2.11. The van der Waals surface area contributed by atoms with Crippen molar-refractivity contribution in [1.29, 1.82) is 0 Å². The van der Waals surface area contributed by atoms with Crippen molar-refractivity contribution in [2.45, 2.75) is 6.92 Å². The Balaban J connectivity index is 1.84. The summed E-state index contributed by atoms with van der Waals surface area (Å²) in [6.45, 7) is 1.51. The number of aryl methyl sites for hydroxylation is 1. The Morgan fingerprint density at radius 3 is 2.66 bits per heavy atom. The zero-order valence-electron chi connectivity index (χ0n) is 15.6. The van der Waals surface area contributed by atoms with E-state index < -0.39 is 12.6 Å². The summed E-state index contributed by atoms with van der Waals surface area (Å²) in [6.07, 6.45) is 1.70. The number of thioether (sulfide) groups is 1. The van der Waals surface area contributed by atoms with Gasteiger partial charge in [-0.2, -0.15) is 0 Å². The number of amides is 1. The highest BCUT2D eigenvalue weighted by Crippen LogP contribution is 2.36. The summed E-state index contributed by atoms with van der Waals surface area (Å²) in [7, 11) is 1.46. The molecule has 0 atom stereocenters. The molecule has 2 N–H and O–H groups in total. The molecule has 3 rings (SSSR count). The van der Waals surface area contributed by atoms with Crippen molar-refractivity contribution in [2.75, 3.05) is 13.7 Å². The van der Waals surface area contributed by atoms with Crippen molar-refractivity contribution in [1.82, 2.24) is 5.32 Å². The average molecular weight is 477 g/mol. The van der Waals surface area contributed by atoms with E-state index in [0.717, 1.165) is 11.3 Å². The molecule has 0 aromatic heterocycles. The van der Waals surface area contributed by atoms with E-state index in [-0.39, 0.29) is 11.7 Å². The van der Waals surface area contributed by atoms with E-state index in [1.807, 2.05) is 31.2 Å². The maximum absolute atomic E-state index is 12.3. The second-order valence-electron chi connectivity index (χ2n) is 6.02. The van der Waals surface area contributed by atoms with Crippen LogP contribution in [0.25, 0.3) is 6.08 Å². The number of carboxylic acids is 1. The number of hydrogen-bond acceptors (Lipinski definition) is 6. The Labute approximate surface area is 179 Å². The Morgan fingerprint density at radius 1 is 1.28 bits per heavy atom. The molecule has 7 nitrogen and oxygen atoms in total. The van der Waals surface area contributed by atoms with Crippen LogP contribution in [0.2, 0.25) is 0 Å². The number of carbonyl (C=O) groups is 2. The highest BCUT2D eigenvalue weighted by Gasteiger charge is 2.24. The molecule has 1 aliphatic rings. The van der Waals surface area contributed by atoms with Crippen molar-refractivity contribution in [3.8, 4) is 11.5 Å². The van der Waals surface area contributed by atoms with Gasteiger partial charge in [0.2, 0.25) is 0 Å². The first-order chi connectivity index (χ1) is 13.9. The molecule has 0 unspecified atom stereocenters. The van der Waals surface area contributed by atoms with Crippen molar-refractivity contribution >= 4 is 56.5 Å². The van der Waals surface area contributed by atoms with Gasteiger partial charge in [0, 0.05) is 4.47 Å². The predicted octanol–water partition coefficient (Wildman–Crippen LogP) is 4.12. The number of halogens is 1. The summed E-state index contributed by atoms with van der Waals surface area (Å²) < 4.78 is 11.1. The van der Waals surface area contributed by atoms with Crippen LogP contribution < -0.4 is 14.8 Å². The van der Waals surface area contributed by atoms with Gasteiger partial charge in [-0.1, -0.05) is 33.6 Å². The van der Waals surface area contributed by atoms with E-state index >= 15 is 0 Å². The number of hydrogen-bond donors (Lipinski definition) is 2. The Hall–Kier alpha value is -2.78. The van der Waals surface area contributed by atoms with Gasteiger partial charge in [-0.25, -0.2) is 9.79 Å². The quantitative estimate of drug-likeness (QED) is 0.608. The molecule has 1 aliphatic heterocycles. The number of nitrogens with zero attached hydrogens (tertiary/aromatic N) is 1. The molecular formula is C20H17BrN2O5S. The molecule has 1 heterocycles. The fourth-order valence-electron chi connectivity index (χ4n) is 2.43. The first-order valence-electron chi connectivity index (χ1n) is 8.44. The van der Waals surface area contributed by atoms with Crippen molar-refractivity contribution in [3.05, 3.63) is 56.9 Å². The second kappa shape index (κ2) is 9.15. The Kier molecular flexibility index (Phi) is 6.60. The molecule has 1 fully saturated rings. The molecule has 0 bridgehead atoms. The standard InChI is InChI=1S/C20H17BrN2O5S/c1-11-3-5-13(6-4-11)22-20-23-19(26)17(29-20)8-12-7-15(27-2)16(9-14(12)21)28-10-18(24)25/h3-9H,10H2,1-2H3,(H,24,25)(H,22,23,26). The molecule has 1 saturated heterocycles. The second-order valence-corrected chi connectivity index (χ2v) is 7.91. The number of benzene rings is 2. The molecule has 0 aliphatic carbocycles. The lowest BCUT2D eigenvalue weighted by atomic mass is 10.2. The number of aliphatic imine (C=N–C) groups is 1. The average Bonchev–Trinajstić information content (AvgIpc) is 3.02. The zero-order chi connectivity index (χ0) is 21.0. The van der Waals surface area contributed by atoms with Crippen molar-refractivity contribution < 1.29 is 24.2 Å². The zero-order valence-corrected chi connectivity index (χ0v) is 18.0. The highest BCUT2D eigenvalue weighted by atomic mass is 79.9. The minimum atomic E-state index is -1.09. The molecule has 1 amide bonds. The molecule has 9 heteroatoms. The lowest BCUT2D eigenvalue weighted by Crippen LogP contribution is -2.19. The minimum Gasteiger partial charge on any atom is -0.493 e. The first kappa shape index (κ1) is 20.9. The maximum Gasteiger partial charge on any atom is 0.341 e. The van der Waals surface area contributed by atoms with Crippen LogP contribution in [0.5, 0.6) is 11.5 Å². The SMILES string of the molecule is COc1cc(C=C2SC(=Nc3ccc(C)cc3)NC2=O)c(Br)cc1OCC(=O)O. The van der Waals surface area contributed by atoms with Gasteiger partial charge in [0.05, 0.1) is 17.7 Å². The monoisotopic (exact) mass is 476 g/mol. The van der Waals surface area contributed by atoms with Gasteiger partial charge in [0.25, 0.3) is 5.91 Å². The normalized spacial score (nSPS) is 16.2. The summed E-state index contributed by atoms with van der Waals surface area (Å²) in [5.41, 5.74) is 2.56. The Bertz CT molecular complexity index is 1020. The summed E-state index contributed by atoms with van der Waals surface area (Å²) >= 11 is 4.65. The van der Waals surface area contributed by atoms with Gasteiger partial charge in [-0.3, -0.25) is 4.79 Å². The van der Waals surface area contributed by atoms with Gasteiger partial charge < -0.3 is 19.9 Å². The Morgan fingerprint density at radius 2 is 2.00 bits per heavy atom. The number of ether oxygens (including phenoxy) is 2. The van der Waals surface area contributed by atoms with Crippen LogP contribution in [0.3, 0.4) is 0 Å². The van der Waals surface area contributed by atoms with Crippen LogP contribution >= 0.6 is 27.7 Å². The smallest absolute Gasteiger partial charge is 0.341 e. The summed E-state index contributed by atoms with van der Waals surface area (Å²) in [4.78, 5) is 28.0. The maximum atomic E-state index is 12.3. The molecule has 0 radical (unpaired) electrons. The fraction of sp³-hybridized carbons (Fsp3) is 0.150. The van der Waals surface area contributed by atoms with Crippen LogP contribution in [0.15, 0.2) is 50.8 Å². The molecule has 2 aromatic rings. The summed E-state index contributed by atoms with van der Waals surface area (Å²) in [5, 5.41) is 12.0. The minimum absolute atomic E-state index is 0.252. The molecular weight excluding hydrogens is 460 g/mol. The van der Waals surface area contributed by atoms with E-state index in [9.17, 15) is 9.59 Å². The largest absolute Gasteiger partial charge is 0.493 e. The van der Waals surface area contributed by atoms with Crippen molar-refractivity contribution in [2.24, 2.45) is 4.99 Å². The molecule has 29 heavy (non-hydrogen) atoms. The number of rotatable bonds is 6. The van der Waals surface area contributed by atoms with Gasteiger partial charge in [-0.15, -0.1) is 0 Å². The van der Waals surface area contributed by atoms with Crippen LogP contribution in [0.1, 0.15) is 11.1 Å². The van der Waals surface area contributed by atoms with Crippen LogP contribution in [-0.4, -0.2) is 35.9 Å². The third kappa shape index (κ3) is 5.39. The van der Waals surface area contributed by atoms with Gasteiger partial charge in [0.1, 0.15) is 0 Å². The summed E-state index contributed by atoms with van der Waals surface area (Å²) in [6, 6.07) is 10.9. The van der Waals surface area contributed by atoms with E-state index in [0.29, 0.717) is 25.9 Å². The third-order valence-electron chi connectivity index (χ3n) is 3.84. The van der Waals surface area contributed by atoms with Crippen molar-refractivity contribution in [3.63, 3.8) is 0 Å². The van der Waals surface area contributed by atoms with E-state index in [1.165, 1.54) is 18.9 Å². The topological polar surface area (TPSA) is 97.2 Å². The molecule has 0 saturated carbocycles. The van der Waals surface area contributed by atoms with E-state index in [1.54, 1.807) is 18.2 Å². The fourth-order valence-corrected chi connectivity index (χ4v) is 3.70. The first-order valence-corrected chi connectivity index (χ1v) is 10.0. The van der Waals surface area contributed by atoms with Gasteiger partial charge >= 0.3 is 5.97 Å². The van der Waals surface area contributed by atoms with Crippen LogP contribution in [-0.2, 0) is 9.59 Å². The molecule has 150 valence electrons. The molecule has 0 spiro atoms. The number of amidine groups is 1. The predicted molar refractivity (Wildman–Crippen MR) is 116 cm³/mol. The number of carboxylic acid groups (broad SMARTS) is 1. The van der Waals surface area contributed by atoms with Gasteiger partial charge in [0.15, 0.2) is 23.3 Å². The van der Waals surface area contributed by atoms with Crippen LogP contribution in [0, 0.1) is 6.92 Å². The summed E-state index contributed by atoms with van der Waals surface area (Å²) in [5.74, 6) is -0.695. The van der Waals surface area contributed by atoms with E-state index in [2.05, 4.69) is 26.2 Å². The molecule has 2 aromatic carbocycles. The lowest BCUT2D eigenvalue weighted by molar-refractivity contribution is -0.139. The van der Waals surface area contributed by atoms with Crippen LogP contribution in [0.4, 0.5) is 5.69 Å². The van der Waals surface area contributed by atoms with E-state index in [4.69, 9.17) is 14.6 Å². The number of methoxy groups -OCH3 is 1. The highest BCUT2D eigenvalue weighted by molar-refractivity contribution is 9.10. The third-order valence-corrected chi connectivity index (χ3v) is 5.43. The number of aliphatic carboxylic acids is 1. The van der Waals surface area contributed by atoms with Gasteiger partial charge in [-0.05, 0) is 54.6 Å².